The number of hydrogen-bond donors (Lipinski definition) is 1. The van der Waals surface area contributed by atoms with E-state index in [0.717, 1.165) is 16.0 Å². The van der Waals surface area contributed by atoms with Crippen molar-refractivity contribution >= 4 is 33.2 Å². The topological polar surface area (TPSA) is 84.7 Å². The van der Waals surface area contributed by atoms with E-state index in [4.69, 9.17) is 16.1 Å². The number of nitrogens with one attached hydrogen (secondary N) is 1. The maximum Gasteiger partial charge on any atom is 0.268 e. The number of aromatic amines is 1. The van der Waals surface area contributed by atoms with Crippen molar-refractivity contribution in [3.63, 3.8) is 0 Å². The molecule has 3 heterocycles. The smallest absolute Gasteiger partial charge is 0.268 e. The fourth-order valence-corrected chi connectivity index (χ4v) is 3.51. The van der Waals surface area contributed by atoms with Crippen LogP contribution >= 0.6 is 22.9 Å². The van der Waals surface area contributed by atoms with Crippen LogP contribution in [0, 0.1) is 6.92 Å². The SMILES string of the molecule is Cc1c(-c2nc(-c3ccc(Cl)cc3)no2)sc2nc[nH]c(=O)c12. The molecule has 3 aromatic heterocycles. The third-order valence-electron chi connectivity index (χ3n) is 3.46. The van der Waals surface area contributed by atoms with Crippen LogP contribution in [0.5, 0.6) is 0 Å². The van der Waals surface area contributed by atoms with Crippen LogP contribution in [-0.4, -0.2) is 20.1 Å². The maximum absolute atomic E-state index is 11.9. The van der Waals surface area contributed by atoms with E-state index in [9.17, 15) is 4.79 Å². The first kappa shape index (κ1) is 14.1. The monoisotopic (exact) mass is 344 g/mol. The van der Waals surface area contributed by atoms with Crippen molar-refractivity contribution in [1.82, 2.24) is 20.1 Å². The van der Waals surface area contributed by atoms with Crippen LogP contribution in [0.15, 0.2) is 39.9 Å². The van der Waals surface area contributed by atoms with E-state index < -0.39 is 0 Å². The summed E-state index contributed by atoms with van der Waals surface area (Å²) >= 11 is 7.23. The van der Waals surface area contributed by atoms with Crippen molar-refractivity contribution in [2.24, 2.45) is 0 Å². The molecule has 4 rings (SSSR count). The average Bonchev–Trinajstić information content (AvgIpc) is 3.14. The number of aryl methyl sites for hydroxylation is 1. The van der Waals surface area contributed by atoms with E-state index in [1.807, 2.05) is 19.1 Å². The molecule has 0 atom stereocenters. The first-order valence-corrected chi connectivity index (χ1v) is 7.90. The number of aromatic nitrogens is 4. The molecule has 0 aliphatic carbocycles. The molecule has 8 heteroatoms. The number of fused-ring (bicyclic) bond motifs is 1. The molecule has 0 spiro atoms. The second kappa shape index (κ2) is 5.29. The van der Waals surface area contributed by atoms with Gasteiger partial charge < -0.3 is 9.51 Å². The molecule has 23 heavy (non-hydrogen) atoms. The first-order valence-electron chi connectivity index (χ1n) is 6.70. The zero-order valence-corrected chi connectivity index (χ0v) is 13.4. The molecule has 4 aromatic rings. The second-order valence-corrected chi connectivity index (χ2v) is 6.33. The largest absolute Gasteiger partial charge is 0.333 e. The molecule has 0 aliphatic heterocycles. The van der Waals surface area contributed by atoms with Gasteiger partial charge >= 0.3 is 0 Å². The number of hydrogen-bond acceptors (Lipinski definition) is 6. The molecule has 0 bridgehead atoms. The summed E-state index contributed by atoms with van der Waals surface area (Å²) in [7, 11) is 0. The summed E-state index contributed by atoms with van der Waals surface area (Å²) in [5.74, 6) is 0.838. The van der Waals surface area contributed by atoms with Crippen LogP contribution in [0.25, 0.3) is 32.4 Å². The van der Waals surface area contributed by atoms with E-state index in [1.165, 1.54) is 17.7 Å². The van der Waals surface area contributed by atoms with Gasteiger partial charge in [-0.1, -0.05) is 16.8 Å². The summed E-state index contributed by atoms with van der Waals surface area (Å²) in [6, 6.07) is 7.17. The molecule has 0 aliphatic rings. The number of halogens is 1. The summed E-state index contributed by atoms with van der Waals surface area (Å²) in [5.41, 5.74) is 1.41. The van der Waals surface area contributed by atoms with Gasteiger partial charge in [-0.15, -0.1) is 11.3 Å². The number of H-pyrrole nitrogens is 1. The molecule has 114 valence electrons. The van der Waals surface area contributed by atoms with Gasteiger partial charge in [-0.25, -0.2) is 4.98 Å². The van der Waals surface area contributed by atoms with Gasteiger partial charge in [0.2, 0.25) is 5.82 Å². The highest BCUT2D eigenvalue weighted by Gasteiger charge is 2.19. The van der Waals surface area contributed by atoms with E-state index in [-0.39, 0.29) is 5.56 Å². The number of thiophene rings is 1. The highest BCUT2D eigenvalue weighted by molar-refractivity contribution is 7.22. The Balaban J connectivity index is 1.83. The molecule has 0 fully saturated rings. The van der Waals surface area contributed by atoms with Gasteiger partial charge in [0.1, 0.15) is 4.83 Å². The lowest BCUT2D eigenvalue weighted by Gasteiger charge is -1.93. The van der Waals surface area contributed by atoms with Gasteiger partial charge in [0.25, 0.3) is 11.4 Å². The van der Waals surface area contributed by atoms with Gasteiger partial charge in [-0.3, -0.25) is 4.79 Å². The molecular weight excluding hydrogens is 336 g/mol. The summed E-state index contributed by atoms with van der Waals surface area (Å²) in [5, 5.41) is 5.19. The van der Waals surface area contributed by atoms with Crippen molar-refractivity contribution in [1.29, 1.82) is 0 Å². The van der Waals surface area contributed by atoms with E-state index in [0.29, 0.717) is 27.0 Å². The van der Waals surface area contributed by atoms with Crippen LogP contribution in [0.2, 0.25) is 5.02 Å². The highest BCUT2D eigenvalue weighted by Crippen LogP contribution is 2.35. The molecule has 0 unspecified atom stereocenters. The van der Waals surface area contributed by atoms with Crippen LogP contribution < -0.4 is 5.56 Å². The fraction of sp³-hybridized carbons (Fsp3) is 0.0667. The first-order chi connectivity index (χ1) is 11.1. The van der Waals surface area contributed by atoms with Crippen molar-refractivity contribution in [3.05, 3.63) is 51.5 Å². The van der Waals surface area contributed by atoms with Crippen molar-refractivity contribution in [2.75, 3.05) is 0 Å². The van der Waals surface area contributed by atoms with Crippen LogP contribution in [0.3, 0.4) is 0 Å². The van der Waals surface area contributed by atoms with Gasteiger partial charge in [0.05, 0.1) is 16.6 Å². The molecule has 0 radical (unpaired) electrons. The molecule has 0 saturated carbocycles. The van der Waals surface area contributed by atoms with Gasteiger partial charge in [-0.05, 0) is 36.8 Å². The number of rotatable bonds is 2. The van der Waals surface area contributed by atoms with Crippen molar-refractivity contribution in [2.45, 2.75) is 6.92 Å². The van der Waals surface area contributed by atoms with Crippen LogP contribution in [0.4, 0.5) is 0 Å². The molecule has 0 saturated heterocycles. The Morgan fingerprint density at radius 1 is 1.26 bits per heavy atom. The van der Waals surface area contributed by atoms with Gasteiger partial charge in [-0.2, -0.15) is 4.98 Å². The summed E-state index contributed by atoms with van der Waals surface area (Å²) in [6.45, 7) is 1.84. The Hall–Kier alpha value is -2.51. The molecule has 6 nitrogen and oxygen atoms in total. The Bertz CT molecular complexity index is 1070. The maximum atomic E-state index is 11.9. The minimum Gasteiger partial charge on any atom is -0.333 e. The zero-order chi connectivity index (χ0) is 16.0. The quantitative estimate of drug-likeness (QED) is 0.599. The molecule has 1 N–H and O–H groups in total. The third kappa shape index (κ3) is 2.34. The molecular formula is C15H9ClN4O2S. The fourth-order valence-electron chi connectivity index (χ4n) is 2.31. The number of benzene rings is 1. The predicted octanol–water partition coefficient (Wildman–Crippen LogP) is 3.66. The van der Waals surface area contributed by atoms with Crippen LogP contribution in [-0.2, 0) is 0 Å². The Morgan fingerprint density at radius 2 is 2.04 bits per heavy atom. The van der Waals surface area contributed by atoms with Crippen molar-refractivity contribution in [3.8, 4) is 22.2 Å². The minimum absolute atomic E-state index is 0.174. The number of nitrogens with zero attached hydrogens (tertiary/aromatic N) is 3. The Kier molecular flexibility index (Phi) is 3.24. The summed E-state index contributed by atoms with van der Waals surface area (Å²) in [4.78, 5) is 24.5. The lowest BCUT2D eigenvalue weighted by Crippen LogP contribution is -2.05. The lowest BCUT2D eigenvalue weighted by atomic mass is 10.2. The zero-order valence-electron chi connectivity index (χ0n) is 11.8. The predicted molar refractivity (Wildman–Crippen MR) is 88.7 cm³/mol. The standard InChI is InChI=1S/C15H9ClN4O2S/c1-7-10-13(21)17-6-18-15(10)23-11(7)14-19-12(20-22-14)8-2-4-9(16)5-3-8/h2-6H,1H3,(H,17,18,21). The third-order valence-corrected chi connectivity index (χ3v) is 4.90. The average molecular weight is 345 g/mol. The van der Waals surface area contributed by atoms with Crippen LogP contribution in [0.1, 0.15) is 5.56 Å². The molecule has 1 aromatic carbocycles. The minimum atomic E-state index is -0.174. The molecule has 0 amide bonds. The van der Waals surface area contributed by atoms with Crippen molar-refractivity contribution < 1.29 is 4.52 Å². The normalized spacial score (nSPS) is 11.2. The second-order valence-electron chi connectivity index (χ2n) is 4.90. The Morgan fingerprint density at radius 3 is 2.78 bits per heavy atom. The van der Waals surface area contributed by atoms with Gasteiger partial charge in [0, 0.05) is 10.6 Å². The highest BCUT2D eigenvalue weighted by atomic mass is 35.5. The summed E-state index contributed by atoms with van der Waals surface area (Å²) < 4.78 is 5.36. The van der Waals surface area contributed by atoms with E-state index >= 15 is 0 Å². The van der Waals surface area contributed by atoms with E-state index in [2.05, 4.69) is 20.1 Å². The lowest BCUT2D eigenvalue weighted by molar-refractivity contribution is 0.433. The Labute approximate surface area is 138 Å². The summed E-state index contributed by atoms with van der Waals surface area (Å²) in [6.07, 6.45) is 1.39. The van der Waals surface area contributed by atoms with Gasteiger partial charge in [0.15, 0.2) is 0 Å². The van der Waals surface area contributed by atoms with E-state index in [1.54, 1.807) is 12.1 Å².